The van der Waals surface area contributed by atoms with Crippen LogP contribution in [-0.2, 0) is 75.3 Å². The molecule has 20 nitrogen and oxygen atoms in total. The molecule has 0 saturated heterocycles. The number of nitrogens with zero attached hydrogens (tertiary/aromatic N) is 9. The monoisotopic (exact) mass is 1660 g/mol. The molecule has 0 spiro atoms. The van der Waals surface area contributed by atoms with Crippen LogP contribution in [0, 0.1) is 27.9 Å². The van der Waals surface area contributed by atoms with E-state index in [0.29, 0.717) is 58.4 Å². The van der Waals surface area contributed by atoms with Gasteiger partial charge in [-0.15, -0.1) is 0 Å². The Hall–Kier alpha value is -7.66. The molecule has 6 N–H and O–H groups in total. The van der Waals surface area contributed by atoms with Crippen LogP contribution >= 0.6 is 68.4 Å². The fourth-order valence-electron chi connectivity index (χ4n) is 10.6. The zero-order chi connectivity index (χ0) is 63.4. The first-order valence-electron chi connectivity index (χ1n) is 27.6. The van der Waals surface area contributed by atoms with Gasteiger partial charge in [-0.1, -0.05) is 114 Å². The van der Waals surface area contributed by atoms with Crippen LogP contribution in [0.5, 0.6) is 0 Å². The van der Waals surface area contributed by atoms with Gasteiger partial charge in [0.25, 0.3) is 11.8 Å². The van der Waals surface area contributed by atoms with Crippen LogP contribution in [0.25, 0.3) is 0 Å². The summed E-state index contributed by atoms with van der Waals surface area (Å²) in [7, 11) is 3.57. The molecule has 0 fully saturated rings. The second-order valence-electron chi connectivity index (χ2n) is 20.5. The smallest absolute Gasteiger partial charge is 0.419 e. The Kier molecular flexibility index (Phi) is 23.8. The van der Waals surface area contributed by atoms with Crippen LogP contribution in [0.15, 0.2) is 159 Å². The van der Waals surface area contributed by atoms with Crippen molar-refractivity contribution in [2.75, 3.05) is 10.6 Å². The number of nitrogens with two attached hydrogens (primary N) is 1. The van der Waals surface area contributed by atoms with Crippen LogP contribution in [0.3, 0.4) is 0 Å². The van der Waals surface area contributed by atoms with Crippen molar-refractivity contribution in [3.63, 3.8) is 0 Å². The van der Waals surface area contributed by atoms with Crippen molar-refractivity contribution in [2.45, 2.75) is 70.4 Å². The van der Waals surface area contributed by atoms with Crippen LogP contribution in [0.1, 0.15) is 108 Å². The third kappa shape index (κ3) is 15.7. The summed E-state index contributed by atoms with van der Waals surface area (Å²) >= 11 is 15.8. The maximum Gasteiger partial charge on any atom is 0.419 e. The predicted molar refractivity (Wildman–Crippen MR) is 350 cm³/mol. The number of ether oxygens (including phenoxy) is 2. The van der Waals surface area contributed by atoms with Crippen molar-refractivity contribution < 1.29 is 57.5 Å². The number of H-pyrrole nitrogens is 1. The number of fused-ring (bicyclic) bond motifs is 2. The van der Waals surface area contributed by atoms with Gasteiger partial charge in [-0.25, -0.2) is 30.4 Å². The van der Waals surface area contributed by atoms with E-state index in [2.05, 4.69) is 118 Å². The van der Waals surface area contributed by atoms with Crippen molar-refractivity contribution in [1.29, 1.82) is 0 Å². The van der Waals surface area contributed by atoms with E-state index < -0.39 is 29.4 Å². The number of carbonyl (C=O) groups is 4. The number of nitrogens with one attached hydrogen (secondary N) is 4. The molecule has 469 valence electrons. The van der Waals surface area contributed by atoms with Gasteiger partial charge in [0, 0.05) is 76.4 Å². The van der Waals surface area contributed by atoms with Gasteiger partial charge in [-0.05, 0) is 115 Å². The van der Waals surface area contributed by atoms with Crippen molar-refractivity contribution in [1.82, 2.24) is 54.4 Å². The summed E-state index contributed by atoms with van der Waals surface area (Å²) < 4.78 is 43.9. The van der Waals surface area contributed by atoms with E-state index in [1.807, 2.05) is 83.4 Å². The maximum absolute atomic E-state index is 13.4. The van der Waals surface area contributed by atoms with Crippen LogP contribution in [0.2, 0.25) is 10.0 Å². The van der Waals surface area contributed by atoms with Gasteiger partial charge in [-0.3, -0.25) is 9.59 Å². The summed E-state index contributed by atoms with van der Waals surface area (Å²) in [5.41, 5.74) is 16.4. The molecule has 3 amide bonds. The van der Waals surface area contributed by atoms with Gasteiger partial charge in [0.2, 0.25) is 0 Å². The van der Waals surface area contributed by atoms with Crippen LogP contribution < -0.4 is 21.7 Å². The van der Waals surface area contributed by atoms with Gasteiger partial charge >= 0.3 is 12.2 Å². The molecule has 90 heavy (non-hydrogen) atoms. The Morgan fingerprint density at radius 2 is 1.20 bits per heavy atom. The number of carbonyl (C=O) groups excluding carboxylic acids is 4. The average molecular weight is 1660 g/mol. The molecule has 10 aromatic rings. The Morgan fingerprint density at radius 1 is 0.700 bits per heavy atom. The summed E-state index contributed by atoms with van der Waals surface area (Å²) in [5, 5.41) is 28.2. The Morgan fingerprint density at radius 3 is 1.69 bits per heavy atom. The standard InChI is InChI=1S/C27H23N5O2.C20H20ClFN6O3.C15H15ClFN3O.CHI2.Ir/c1-21-25(19-34-26(33)31-18-17-28-20-31)30-32(29-21)27(22-11-5-2-6-12-22,23-13-7-3-8-14-23)24-15-9-4-10-16-24;1-10-17(26-27-25-10)9-31-20(30)24-16-6-4-12-13(16)8-28(2)18(12)19(29)23-11-3-5-15(22)14(21)7-11;1-20-7-10-9(3-5-13(10)18)14(20)15(21)19-8-2-4-12(17)11(16)6-8;2-1-3;/h2-18,20H,19H2,1H3;3,5,7-8,16H,4,6,9H2,1-2H3,(H,23,29)(H,24,30)(H,25,26,27);2,4,6-7,13H,3,5,18H2,1H3,(H,19,21);1H;/q;;;-1;. The Balaban J connectivity index is 0.000000174. The van der Waals surface area contributed by atoms with E-state index in [0.717, 1.165) is 51.8 Å². The van der Waals surface area contributed by atoms with Crippen LogP contribution in [-0.4, -0.2) is 73.1 Å². The fraction of sp³-hybridized carbons (Fsp3) is 0.206. The average Bonchev–Trinajstić information content (AvgIpc) is 1.56. The molecule has 2 aliphatic rings. The summed E-state index contributed by atoms with van der Waals surface area (Å²) in [6.45, 7) is 3.64. The quantitative estimate of drug-likeness (QED) is 0.0411. The number of imidazole rings is 1. The SMILES string of the molecule is Cc1n[nH]nc1COC(=O)NC1CCc2c1cn(C)c2C(=O)Nc1ccc(F)c(Cl)c1.Cc1nn(C(c2ccccc2)(c2ccccc2)c2ccccc2)nc1COC(=O)n1ccnc1.Cn1cc2c(c1C(=O)Nc1ccc(F)c(Cl)c1)CCC2N.I[CH-]I.[Ir]. The molecule has 2 atom stereocenters. The molecule has 0 saturated carbocycles. The molecule has 5 aromatic heterocycles. The normalized spacial score (nSPS) is 13.5. The number of alkyl carbamates (subject to hydrolysis) is 1. The molecule has 2 aliphatic carbocycles. The number of benzene rings is 5. The first-order chi connectivity index (χ1) is 42.9. The number of aromatic amines is 1. The van der Waals surface area contributed by atoms with E-state index in [9.17, 15) is 28.0 Å². The number of aromatic nitrogens is 10. The molecule has 2 unspecified atom stereocenters. The van der Waals surface area contributed by atoms with E-state index in [1.54, 1.807) is 27.9 Å². The van der Waals surface area contributed by atoms with Crippen molar-refractivity contribution in [3.05, 3.63) is 256 Å². The van der Waals surface area contributed by atoms with Crippen molar-refractivity contribution in [2.24, 2.45) is 19.8 Å². The first kappa shape index (κ1) is 68.3. The number of halogens is 6. The zero-order valence-corrected chi connectivity index (χ0v) is 56.9. The topological polar surface area (TPSA) is 249 Å². The second-order valence-corrected chi connectivity index (χ2v) is 24.9. The fourth-order valence-corrected chi connectivity index (χ4v) is 11.0. The van der Waals surface area contributed by atoms with E-state index in [4.69, 9.17) is 48.6 Å². The van der Waals surface area contributed by atoms with Crippen LogP contribution in [0.4, 0.5) is 29.7 Å². The second kappa shape index (κ2) is 31.4. The summed E-state index contributed by atoms with van der Waals surface area (Å²) in [6.07, 6.45) is 10.0. The summed E-state index contributed by atoms with van der Waals surface area (Å²) in [5.74, 6) is -1.65. The number of amides is 3. The van der Waals surface area contributed by atoms with E-state index in [1.165, 1.54) is 59.7 Å². The number of anilines is 2. The molecular formula is C63H59Cl2F2I2IrN14O6-. The Labute approximate surface area is 567 Å². The van der Waals surface area contributed by atoms with E-state index in [-0.39, 0.29) is 67.3 Å². The largest absolute Gasteiger partial charge is 0.443 e. The number of hydrogen-bond donors (Lipinski definition) is 5. The molecule has 0 aliphatic heterocycles. The molecule has 5 heterocycles. The first-order valence-corrected chi connectivity index (χ1v) is 30.9. The minimum atomic E-state index is -0.818. The molecule has 0 bridgehead atoms. The zero-order valence-electron chi connectivity index (χ0n) is 48.6. The molecule has 1 radical (unpaired) electrons. The van der Waals surface area contributed by atoms with Crippen molar-refractivity contribution in [3.8, 4) is 0 Å². The maximum atomic E-state index is 13.4. The van der Waals surface area contributed by atoms with Crippen molar-refractivity contribution >= 4 is 104 Å². The van der Waals surface area contributed by atoms with Gasteiger partial charge in [-0.2, -0.15) is 30.4 Å². The Bertz CT molecular complexity index is 4000. The van der Waals surface area contributed by atoms with Gasteiger partial charge in [0.05, 0.1) is 27.5 Å². The summed E-state index contributed by atoms with van der Waals surface area (Å²) in [4.78, 5) is 55.4. The summed E-state index contributed by atoms with van der Waals surface area (Å²) in [6, 6.07) is 38.4. The third-order valence-corrected chi connectivity index (χ3v) is 15.4. The molecule has 5 aromatic carbocycles. The number of hydrogen-bond acceptors (Lipinski definition) is 12. The molecule has 12 rings (SSSR count). The third-order valence-electron chi connectivity index (χ3n) is 14.8. The van der Waals surface area contributed by atoms with Gasteiger partial charge in [0.1, 0.15) is 54.0 Å². The number of rotatable bonds is 13. The number of aryl methyl sites for hydroxylation is 4. The van der Waals surface area contributed by atoms with Gasteiger partial charge in [0.15, 0.2) is 5.54 Å². The molecule has 27 heteroatoms. The van der Waals surface area contributed by atoms with Gasteiger partial charge < -0.3 is 85.5 Å². The minimum absolute atomic E-state index is 0. The van der Waals surface area contributed by atoms with E-state index >= 15 is 0 Å². The predicted octanol–water partition coefficient (Wildman–Crippen LogP) is 13.2. The molecular weight excluding hydrogens is 1600 g/mol. The minimum Gasteiger partial charge on any atom is -0.443 e.